The van der Waals surface area contributed by atoms with Crippen molar-refractivity contribution in [1.82, 2.24) is 25.1 Å². The molecule has 0 bridgehead atoms. The van der Waals surface area contributed by atoms with E-state index in [4.69, 9.17) is 4.74 Å². The van der Waals surface area contributed by atoms with E-state index >= 15 is 0 Å². The summed E-state index contributed by atoms with van der Waals surface area (Å²) in [4.78, 5) is 17.2. The molecule has 2 aromatic heterocycles. The number of H-pyrrole nitrogens is 1. The second-order valence-electron chi connectivity index (χ2n) is 5.87. The molecule has 4 rings (SSSR count). The summed E-state index contributed by atoms with van der Waals surface area (Å²) in [7, 11) is 0. The molecule has 1 saturated heterocycles. The molecule has 1 aliphatic rings. The third kappa shape index (κ3) is 2.46. The Morgan fingerprint density at radius 3 is 3.29 bits per heavy atom. The van der Waals surface area contributed by atoms with Gasteiger partial charge in [-0.15, -0.1) is 0 Å². The molecule has 2 N–H and O–H groups in total. The van der Waals surface area contributed by atoms with E-state index in [1.165, 1.54) is 0 Å². The molecule has 1 aromatic carbocycles. The van der Waals surface area contributed by atoms with Gasteiger partial charge in [-0.2, -0.15) is 5.10 Å². The van der Waals surface area contributed by atoms with Crippen molar-refractivity contribution in [3.63, 3.8) is 0 Å². The lowest BCUT2D eigenvalue weighted by atomic mass is 10.1. The van der Waals surface area contributed by atoms with E-state index in [0.717, 1.165) is 29.7 Å². The molecular weight excluding hydrogens is 306 g/mol. The lowest BCUT2D eigenvalue weighted by Crippen LogP contribution is -2.37. The van der Waals surface area contributed by atoms with Gasteiger partial charge in [0.2, 0.25) is 0 Å². The predicted molar refractivity (Wildman–Crippen MR) is 88.6 cm³/mol. The van der Waals surface area contributed by atoms with Crippen LogP contribution in [0.2, 0.25) is 0 Å². The van der Waals surface area contributed by atoms with Crippen molar-refractivity contribution in [3.8, 4) is 0 Å². The van der Waals surface area contributed by atoms with Gasteiger partial charge >= 0.3 is 0 Å². The number of carbonyl (C=O) groups is 1. The zero-order valence-electron chi connectivity index (χ0n) is 13.4. The van der Waals surface area contributed by atoms with Crippen molar-refractivity contribution in [1.29, 1.82) is 0 Å². The van der Waals surface area contributed by atoms with Crippen LogP contribution in [0.25, 0.3) is 10.9 Å². The maximum atomic E-state index is 12.7. The highest BCUT2D eigenvalue weighted by atomic mass is 16.5. The first-order chi connectivity index (χ1) is 11.8. The summed E-state index contributed by atoms with van der Waals surface area (Å²) in [6.45, 7) is 3.50. The molecule has 1 aliphatic heterocycles. The Labute approximate surface area is 139 Å². The van der Waals surface area contributed by atoms with Crippen LogP contribution in [0.1, 0.15) is 35.6 Å². The quantitative estimate of drug-likeness (QED) is 0.769. The average molecular weight is 325 g/mol. The normalized spacial score (nSPS) is 20.5. The summed E-state index contributed by atoms with van der Waals surface area (Å²) in [5.41, 5.74) is 1.34. The summed E-state index contributed by atoms with van der Waals surface area (Å²) >= 11 is 0. The third-order valence-corrected chi connectivity index (χ3v) is 4.47. The van der Waals surface area contributed by atoms with Crippen LogP contribution in [0, 0.1) is 0 Å². The largest absolute Gasteiger partial charge is 0.368 e. The lowest BCUT2D eigenvalue weighted by Gasteiger charge is -2.20. The fourth-order valence-electron chi connectivity index (χ4n) is 3.24. The number of para-hydroxylation sites is 1. The van der Waals surface area contributed by atoms with Crippen LogP contribution in [0.4, 0.5) is 0 Å². The molecule has 2 atom stereocenters. The Kier molecular flexibility index (Phi) is 3.78. The maximum absolute atomic E-state index is 12.7. The van der Waals surface area contributed by atoms with Gasteiger partial charge in [-0.05, 0) is 19.4 Å². The summed E-state index contributed by atoms with van der Waals surface area (Å²) in [5, 5.41) is 10.9. The van der Waals surface area contributed by atoms with Crippen LogP contribution in [0.5, 0.6) is 0 Å². The zero-order chi connectivity index (χ0) is 16.5. The van der Waals surface area contributed by atoms with Crippen molar-refractivity contribution in [2.24, 2.45) is 0 Å². The standard InChI is InChI=1S/C17H19N5O2/c1-2-22-8-7-18-16(22)15-13(6-9-24-15)20-17(23)12-5-3-4-11-10-19-21-14(11)12/h3-5,7-8,10,13,15H,2,6,9H2,1H3,(H,19,21)(H,20,23)/t13-,15-/m0/s1. The number of aromatic nitrogens is 4. The van der Waals surface area contributed by atoms with Gasteiger partial charge in [-0.25, -0.2) is 4.98 Å². The number of hydrogen-bond acceptors (Lipinski definition) is 4. The van der Waals surface area contributed by atoms with E-state index in [1.807, 2.05) is 22.9 Å². The number of rotatable bonds is 4. The van der Waals surface area contributed by atoms with Crippen molar-refractivity contribution < 1.29 is 9.53 Å². The molecule has 7 nitrogen and oxygen atoms in total. The topological polar surface area (TPSA) is 84.8 Å². The third-order valence-electron chi connectivity index (χ3n) is 4.47. The summed E-state index contributed by atoms with van der Waals surface area (Å²) in [5.74, 6) is 0.736. The smallest absolute Gasteiger partial charge is 0.253 e. The number of hydrogen-bond donors (Lipinski definition) is 2. The second-order valence-corrected chi connectivity index (χ2v) is 5.87. The van der Waals surface area contributed by atoms with Gasteiger partial charge in [0.15, 0.2) is 0 Å². The Balaban J connectivity index is 1.58. The van der Waals surface area contributed by atoms with Gasteiger partial charge in [-0.1, -0.05) is 12.1 Å². The monoisotopic (exact) mass is 325 g/mol. The molecule has 1 fully saturated rings. The minimum Gasteiger partial charge on any atom is -0.368 e. The number of ether oxygens (including phenoxy) is 1. The number of fused-ring (bicyclic) bond motifs is 1. The molecule has 24 heavy (non-hydrogen) atoms. The molecule has 0 unspecified atom stereocenters. The van der Waals surface area contributed by atoms with Crippen molar-refractivity contribution in [2.75, 3.05) is 6.61 Å². The molecule has 0 spiro atoms. The zero-order valence-corrected chi connectivity index (χ0v) is 13.4. The van der Waals surface area contributed by atoms with Gasteiger partial charge in [0.1, 0.15) is 11.9 Å². The lowest BCUT2D eigenvalue weighted by molar-refractivity contribution is 0.0776. The molecule has 0 aliphatic carbocycles. The van der Waals surface area contributed by atoms with Gasteiger partial charge in [0.25, 0.3) is 5.91 Å². The number of nitrogens with one attached hydrogen (secondary N) is 2. The van der Waals surface area contributed by atoms with Crippen molar-refractivity contribution in [3.05, 3.63) is 48.2 Å². The second kappa shape index (κ2) is 6.09. The van der Waals surface area contributed by atoms with Crippen LogP contribution in [-0.2, 0) is 11.3 Å². The Morgan fingerprint density at radius 1 is 1.50 bits per heavy atom. The molecule has 124 valence electrons. The number of amides is 1. The van der Waals surface area contributed by atoms with Crippen LogP contribution < -0.4 is 5.32 Å². The van der Waals surface area contributed by atoms with Crippen LogP contribution >= 0.6 is 0 Å². The fraction of sp³-hybridized carbons (Fsp3) is 0.353. The Hall–Kier alpha value is -2.67. The van der Waals surface area contributed by atoms with E-state index < -0.39 is 0 Å². The molecule has 0 saturated carbocycles. The van der Waals surface area contributed by atoms with Crippen molar-refractivity contribution >= 4 is 16.8 Å². The number of carbonyl (C=O) groups excluding carboxylic acids is 1. The number of aryl methyl sites for hydroxylation is 1. The highest BCUT2D eigenvalue weighted by molar-refractivity contribution is 6.05. The van der Waals surface area contributed by atoms with Crippen LogP contribution in [-0.4, -0.2) is 38.3 Å². The number of benzene rings is 1. The fourth-order valence-corrected chi connectivity index (χ4v) is 3.24. The number of nitrogens with zero attached hydrogens (tertiary/aromatic N) is 3. The molecule has 1 amide bonds. The molecule has 3 aromatic rings. The molecule has 0 radical (unpaired) electrons. The summed E-state index contributed by atoms with van der Waals surface area (Å²) in [6.07, 6.45) is 5.97. The summed E-state index contributed by atoms with van der Waals surface area (Å²) in [6, 6.07) is 5.49. The summed E-state index contributed by atoms with van der Waals surface area (Å²) < 4.78 is 7.89. The minimum absolute atomic E-state index is 0.0941. The first-order valence-electron chi connectivity index (χ1n) is 8.13. The molecule has 3 heterocycles. The van der Waals surface area contributed by atoms with E-state index in [2.05, 4.69) is 27.4 Å². The van der Waals surface area contributed by atoms with Gasteiger partial charge < -0.3 is 14.6 Å². The number of aromatic amines is 1. The first-order valence-corrected chi connectivity index (χ1v) is 8.13. The van der Waals surface area contributed by atoms with E-state index in [1.54, 1.807) is 18.5 Å². The van der Waals surface area contributed by atoms with Crippen LogP contribution in [0.3, 0.4) is 0 Å². The first kappa shape index (κ1) is 14.9. The SMILES string of the molecule is CCn1ccnc1[C@H]1OCC[C@@H]1NC(=O)c1cccc2cn[nH]c12. The Morgan fingerprint density at radius 2 is 2.42 bits per heavy atom. The average Bonchev–Trinajstić information content (AvgIpc) is 3.33. The molecule has 7 heteroatoms. The molecular formula is C17H19N5O2. The van der Waals surface area contributed by atoms with Crippen molar-refractivity contribution in [2.45, 2.75) is 32.0 Å². The van der Waals surface area contributed by atoms with Gasteiger partial charge in [0.05, 0.1) is 23.3 Å². The predicted octanol–water partition coefficient (Wildman–Crippen LogP) is 2.04. The Bertz CT molecular complexity index is 869. The maximum Gasteiger partial charge on any atom is 0.253 e. The van der Waals surface area contributed by atoms with Crippen LogP contribution in [0.15, 0.2) is 36.8 Å². The van der Waals surface area contributed by atoms with Gasteiger partial charge in [0, 0.05) is 30.9 Å². The minimum atomic E-state index is -0.218. The highest BCUT2D eigenvalue weighted by Crippen LogP contribution is 2.28. The van der Waals surface area contributed by atoms with E-state index in [0.29, 0.717) is 12.2 Å². The number of imidazole rings is 1. The van der Waals surface area contributed by atoms with Gasteiger partial charge in [-0.3, -0.25) is 9.89 Å². The highest BCUT2D eigenvalue weighted by Gasteiger charge is 2.34. The van der Waals surface area contributed by atoms with E-state index in [-0.39, 0.29) is 18.1 Å². The van der Waals surface area contributed by atoms with E-state index in [9.17, 15) is 4.79 Å².